The van der Waals surface area contributed by atoms with Gasteiger partial charge in [-0.3, -0.25) is 0 Å². The number of methoxy groups -OCH3 is 1. The molecule has 0 radical (unpaired) electrons. The van der Waals surface area contributed by atoms with Crippen molar-refractivity contribution < 1.29 is 4.74 Å². The van der Waals surface area contributed by atoms with Gasteiger partial charge in [-0.25, -0.2) is 9.67 Å². The molecule has 84 valence electrons. The minimum absolute atomic E-state index is 0.298. The van der Waals surface area contributed by atoms with Crippen LogP contribution in [0.2, 0.25) is 0 Å². The minimum Gasteiger partial charge on any atom is -0.481 e. The largest absolute Gasteiger partial charge is 0.481 e. The normalized spacial score (nSPS) is 10.8. The molecule has 0 aliphatic heterocycles. The van der Waals surface area contributed by atoms with Crippen LogP contribution in [-0.4, -0.2) is 27.1 Å². The number of aromatic nitrogens is 4. The minimum atomic E-state index is 0.298. The van der Waals surface area contributed by atoms with Gasteiger partial charge in [0, 0.05) is 12.1 Å². The molecule has 2 aromatic heterocycles. The van der Waals surface area contributed by atoms with Crippen LogP contribution in [0, 0.1) is 0 Å². The molecule has 2 heterocycles. The number of hydrogen-bond donors (Lipinski definition) is 0. The number of hydrogen-bond acceptors (Lipinski definition) is 4. The first-order valence-corrected chi connectivity index (χ1v) is 5.14. The van der Waals surface area contributed by atoms with Crippen molar-refractivity contribution in [2.24, 2.45) is 0 Å². The molecule has 0 aliphatic carbocycles. The van der Waals surface area contributed by atoms with Crippen LogP contribution in [0.1, 0.15) is 19.9 Å². The molecular formula is C11H14N4O. The zero-order chi connectivity index (χ0) is 11.5. The molecule has 2 rings (SSSR count). The fourth-order valence-electron chi connectivity index (χ4n) is 1.32. The van der Waals surface area contributed by atoms with Gasteiger partial charge < -0.3 is 4.74 Å². The van der Waals surface area contributed by atoms with E-state index in [4.69, 9.17) is 4.74 Å². The van der Waals surface area contributed by atoms with Crippen molar-refractivity contribution in [3.8, 4) is 17.3 Å². The zero-order valence-corrected chi connectivity index (χ0v) is 9.58. The summed E-state index contributed by atoms with van der Waals surface area (Å²) in [6.45, 7) is 4.11. The van der Waals surface area contributed by atoms with Crippen molar-refractivity contribution in [3.63, 3.8) is 0 Å². The zero-order valence-electron chi connectivity index (χ0n) is 9.58. The second-order valence-electron chi connectivity index (χ2n) is 3.74. The molecule has 0 amide bonds. The van der Waals surface area contributed by atoms with Crippen LogP contribution < -0.4 is 4.74 Å². The molecule has 0 atom stereocenters. The standard InChI is InChI=1S/C11H14N4O/c1-8(2)15-7-10(13-14-15)9-5-4-6-11(12-9)16-3/h4-8H,1-3H3. The van der Waals surface area contributed by atoms with Crippen molar-refractivity contribution in [2.45, 2.75) is 19.9 Å². The van der Waals surface area contributed by atoms with E-state index in [1.165, 1.54) is 0 Å². The van der Waals surface area contributed by atoms with Gasteiger partial charge in [-0.15, -0.1) is 5.10 Å². The van der Waals surface area contributed by atoms with Gasteiger partial charge in [0.05, 0.1) is 19.0 Å². The van der Waals surface area contributed by atoms with Gasteiger partial charge in [-0.1, -0.05) is 11.3 Å². The summed E-state index contributed by atoms with van der Waals surface area (Å²) in [5, 5.41) is 8.11. The maximum absolute atomic E-state index is 5.06. The maximum atomic E-state index is 5.06. The smallest absolute Gasteiger partial charge is 0.213 e. The molecule has 2 aromatic rings. The molecule has 0 aromatic carbocycles. The maximum Gasteiger partial charge on any atom is 0.213 e. The van der Waals surface area contributed by atoms with Gasteiger partial charge in [-0.2, -0.15) is 0 Å². The number of nitrogens with zero attached hydrogens (tertiary/aromatic N) is 4. The molecule has 0 fully saturated rings. The molecule has 0 N–H and O–H groups in total. The third-order valence-electron chi connectivity index (χ3n) is 2.23. The van der Waals surface area contributed by atoms with E-state index in [1.54, 1.807) is 17.9 Å². The average Bonchev–Trinajstić information content (AvgIpc) is 2.78. The second kappa shape index (κ2) is 4.30. The first-order valence-electron chi connectivity index (χ1n) is 5.14. The summed E-state index contributed by atoms with van der Waals surface area (Å²) in [4.78, 5) is 4.30. The van der Waals surface area contributed by atoms with Crippen molar-refractivity contribution in [1.29, 1.82) is 0 Å². The second-order valence-corrected chi connectivity index (χ2v) is 3.74. The van der Waals surface area contributed by atoms with Crippen molar-refractivity contribution in [3.05, 3.63) is 24.4 Å². The van der Waals surface area contributed by atoms with Gasteiger partial charge in [0.2, 0.25) is 5.88 Å². The topological polar surface area (TPSA) is 52.8 Å². The van der Waals surface area contributed by atoms with E-state index in [0.717, 1.165) is 11.4 Å². The Bertz CT molecular complexity index is 478. The predicted octanol–water partition coefficient (Wildman–Crippen LogP) is 1.93. The Balaban J connectivity index is 2.34. The number of rotatable bonds is 3. The monoisotopic (exact) mass is 218 g/mol. The Hall–Kier alpha value is -1.91. The van der Waals surface area contributed by atoms with Crippen LogP contribution >= 0.6 is 0 Å². The molecule has 0 saturated heterocycles. The SMILES string of the molecule is COc1cccc(-c2cn(C(C)C)nn2)n1. The highest BCUT2D eigenvalue weighted by atomic mass is 16.5. The van der Waals surface area contributed by atoms with Crippen LogP contribution in [-0.2, 0) is 0 Å². The fourth-order valence-corrected chi connectivity index (χ4v) is 1.32. The summed E-state index contributed by atoms with van der Waals surface area (Å²) in [7, 11) is 1.59. The average molecular weight is 218 g/mol. The Morgan fingerprint density at radius 3 is 2.69 bits per heavy atom. The van der Waals surface area contributed by atoms with E-state index in [2.05, 4.69) is 29.1 Å². The Morgan fingerprint density at radius 1 is 1.25 bits per heavy atom. The van der Waals surface area contributed by atoms with Gasteiger partial charge in [-0.05, 0) is 19.9 Å². The van der Waals surface area contributed by atoms with Crippen LogP contribution in [0.5, 0.6) is 5.88 Å². The predicted molar refractivity (Wildman–Crippen MR) is 60.2 cm³/mol. The Kier molecular flexibility index (Phi) is 2.85. The first-order chi connectivity index (χ1) is 7.70. The lowest BCUT2D eigenvalue weighted by atomic mass is 10.3. The lowest BCUT2D eigenvalue weighted by molar-refractivity contribution is 0.398. The number of ether oxygens (including phenoxy) is 1. The van der Waals surface area contributed by atoms with E-state index < -0.39 is 0 Å². The van der Waals surface area contributed by atoms with Crippen molar-refractivity contribution in [1.82, 2.24) is 20.0 Å². The summed E-state index contributed by atoms with van der Waals surface area (Å²) in [5.41, 5.74) is 1.53. The van der Waals surface area contributed by atoms with Crippen LogP contribution in [0.4, 0.5) is 0 Å². The van der Waals surface area contributed by atoms with Gasteiger partial charge in [0.1, 0.15) is 5.69 Å². The molecule has 16 heavy (non-hydrogen) atoms. The molecule has 0 saturated carbocycles. The summed E-state index contributed by atoms with van der Waals surface area (Å²) in [6.07, 6.45) is 1.88. The molecule has 0 spiro atoms. The fraction of sp³-hybridized carbons (Fsp3) is 0.364. The number of pyridine rings is 1. The van der Waals surface area contributed by atoms with Crippen molar-refractivity contribution >= 4 is 0 Å². The van der Waals surface area contributed by atoms with Crippen LogP contribution in [0.15, 0.2) is 24.4 Å². The van der Waals surface area contributed by atoms with E-state index >= 15 is 0 Å². The third-order valence-corrected chi connectivity index (χ3v) is 2.23. The summed E-state index contributed by atoms with van der Waals surface area (Å²) in [5.74, 6) is 0.580. The first kappa shape index (κ1) is 10.6. The van der Waals surface area contributed by atoms with Gasteiger partial charge in [0.25, 0.3) is 0 Å². The summed E-state index contributed by atoms with van der Waals surface area (Å²) in [6, 6.07) is 5.87. The molecule has 0 aliphatic rings. The quantitative estimate of drug-likeness (QED) is 0.789. The highest BCUT2D eigenvalue weighted by molar-refractivity contribution is 5.52. The van der Waals surface area contributed by atoms with E-state index in [0.29, 0.717) is 11.9 Å². The third kappa shape index (κ3) is 2.03. The van der Waals surface area contributed by atoms with Gasteiger partial charge in [0.15, 0.2) is 0 Å². The molecule has 0 bridgehead atoms. The Morgan fingerprint density at radius 2 is 2.06 bits per heavy atom. The molecule has 5 nitrogen and oxygen atoms in total. The molecule has 0 unspecified atom stereocenters. The highest BCUT2D eigenvalue weighted by Crippen LogP contribution is 2.17. The Labute approximate surface area is 94.1 Å². The lowest BCUT2D eigenvalue weighted by Crippen LogP contribution is -2.00. The van der Waals surface area contributed by atoms with E-state index in [9.17, 15) is 0 Å². The van der Waals surface area contributed by atoms with Gasteiger partial charge >= 0.3 is 0 Å². The lowest BCUT2D eigenvalue weighted by Gasteiger charge is -2.01. The summed E-state index contributed by atoms with van der Waals surface area (Å²) < 4.78 is 6.87. The van der Waals surface area contributed by atoms with E-state index in [1.807, 2.05) is 18.3 Å². The van der Waals surface area contributed by atoms with Crippen LogP contribution in [0.3, 0.4) is 0 Å². The molecule has 5 heteroatoms. The van der Waals surface area contributed by atoms with Crippen molar-refractivity contribution in [2.75, 3.05) is 7.11 Å². The summed E-state index contributed by atoms with van der Waals surface area (Å²) >= 11 is 0. The van der Waals surface area contributed by atoms with Crippen LogP contribution in [0.25, 0.3) is 11.4 Å². The van der Waals surface area contributed by atoms with E-state index in [-0.39, 0.29) is 0 Å². The molecular weight excluding hydrogens is 204 g/mol. The highest BCUT2D eigenvalue weighted by Gasteiger charge is 2.07.